The van der Waals surface area contributed by atoms with Crippen LogP contribution in [-0.2, 0) is 0 Å². The molecule has 0 saturated heterocycles. The van der Waals surface area contributed by atoms with Gasteiger partial charge in [0.1, 0.15) is 5.82 Å². The maximum absolute atomic E-state index is 5.58. The Morgan fingerprint density at radius 2 is 1.87 bits per heavy atom. The highest BCUT2D eigenvalue weighted by Gasteiger charge is 1.84. The number of aryl methyl sites for hydroxylation is 3. The molecule has 0 unspecified atom stereocenters. The number of pyridine rings is 1. The van der Waals surface area contributed by atoms with Gasteiger partial charge in [0.05, 0.1) is 5.02 Å². The summed E-state index contributed by atoms with van der Waals surface area (Å²) in [6.07, 6.45) is 5.20. The second-order valence-corrected chi connectivity index (χ2v) is 3.77. The molecular formula is C11H14ClN3. The van der Waals surface area contributed by atoms with Crippen LogP contribution >= 0.6 is 11.6 Å². The second kappa shape index (κ2) is 5.51. The van der Waals surface area contributed by atoms with Gasteiger partial charge in [-0.25, -0.2) is 4.98 Å². The molecule has 3 nitrogen and oxygen atoms in total. The van der Waals surface area contributed by atoms with Crippen LogP contribution in [0.2, 0.25) is 5.02 Å². The molecule has 15 heavy (non-hydrogen) atoms. The van der Waals surface area contributed by atoms with E-state index in [9.17, 15) is 0 Å². The maximum Gasteiger partial charge on any atom is 0.103 e. The molecule has 0 amide bonds. The largest absolute Gasteiger partial charge is 0.346 e. The highest BCUT2D eigenvalue weighted by Crippen LogP contribution is 2.05. The molecule has 0 bridgehead atoms. The monoisotopic (exact) mass is 223 g/mol. The number of nitrogens with zero attached hydrogens (tertiary/aromatic N) is 2. The van der Waals surface area contributed by atoms with E-state index < -0.39 is 0 Å². The van der Waals surface area contributed by atoms with Crippen molar-refractivity contribution in [2.45, 2.75) is 20.8 Å². The van der Waals surface area contributed by atoms with Gasteiger partial charge in [-0.1, -0.05) is 11.6 Å². The van der Waals surface area contributed by atoms with Crippen molar-refractivity contribution < 1.29 is 0 Å². The van der Waals surface area contributed by atoms with Gasteiger partial charge in [0.15, 0.2) is 0 Å². The molecule has 0 aliphatic heterocycles. The van der Waals surface area contributed by atoms with Crippen LogP contribution in [0.1, 0.15) is 17.1 Å². The molecule has 0 saturated carbocycles. The third kappa shape index (κ3) is 4.61. The van der Waals surface area contributed by atoms with Gasteiger partial charge in [0.25, 0.3) is 0 Å². The summed E-state index contributed by atoms with van der Waals surface area (Å²) in [5, 5.41) is 0.699. The molecule has 0 spiro atoms. The van der Waals surface area contributed by atoms with Crippen LogP contribution in [0.4, 0.5) is 0 Å². The van der Waals surface area contributed by atoms with Crippen molar-refractivity contribution >= 4 is 11.6 Å². The minimum atomic E-state index is 0.699. The van der Waals surface area contributed by atoms with E-state index in [1.54, 1.807) is 12.4 Å². The number of hydrogen-bond acceptors (Lipinski definition) is 2. The zero-order valence-electron chi connectivity index (χ0n) is 9.08. The van der Waals surface area contributed by atoms with Gasteiger partial charge < -0.3 is 4.98 Å². The van der Waals surface area contributed by atoms with Crippen molar-refractivity contribution in [3.05, 3.63) is 46.8 Å². The predicted molar refractivity (Wildman–Crippen MR) is 62.0 cm³/mol. The number of imidazole rings is 1. The molecule has 0 fully saturated rings. The third-order valence-electron chi connectivity index (χ3n) is 1.67. The maximum atomic E-state index is 5.58. The average molecular weight is 224 g/mol. The fourth-order valence-electron chi connectivity index (χ4n) is 1.06. The number of halogens is 1. The lowest BCUT2D eigenvalue weighted by molar-refractivity contribution is 1.13. The Morgan fingerprint density at radius 1 is 1.13 bits per heavy atom. The van der Waals surface area contributed by atoms with E-state index in [1.807, 2.05) is 33.0 Å². The fraction of sp³-hybridized carbons (Fsp3) is 0.273. The van der Waals surface area contributed by atoms with Gasteiger partial charge in [-0.2, -0.15) is 0 Å². The normalized spacial score (nSPS) is 9.33. The molecular weight excluding hydrogens is 210 g/mol. The van der Waals surface area contributed by atoms with Gasteiger partial charge in [-0.05, 0) is 32.4 Å². The molecule has 0 aliphatic carbocycles. The van der Waals surface area contributed by atoms with Crippen LogP contribution in [0.25, 0.3) is 0 Å². The molecule has 2 rings (SSSR count). The Balaban J connectivity index is 0.000000151. The Morgan fingerprint density at radius 3 is 2.13 bits per heavy atom. The Kier molecular flexibility index (Phi) is 4.31. The molecule has 0 radical (unpaired) electrons. The van der Waals surface area contributed by atoms with Crippen LogP contribution in [-0.4, -0.2) is 15.0 Å². The number of aromatic nitrogens is 3. The molecule has 0 aromatic carbocycles. The Labute approximate surface area is 94.5 Å². The predicted octanol–water partition coefficient (Wildman–Crippen LogP) is 3.07. The fourth-order valence-corrected chi connectivity index (χ4v) is 1.29. The zero-order chi connectivity index (χ0) is 11.3. The SMILES string of the molecule is Cc1cnc(C)[nH]1.Cc1cncc(Cl)c1. The van der Waals surface area contributed by atoms with Crippen LogP contribution in [0, 0.1) is 20.8 Å². The van der Waals surface area contributed by atoms with E-state index in [-0.39, 0.29) is 0 Å². The lowest BCUT2D eigenvalue weighted by Gasteiger charge is -1.88. The summed E-state index contributed by atoms with van der Waals surface area (Å²) in [5.74, 6) is 0.984. The van der Waals surface area contributed by atoms with Gasteiger partial charge in [0, 0.05) is 24.3 Å². The quantitative estimate of drug-likeness (QED) is 0.746. The number of H-pyrrole nitrogens is 1. The van der Waals surface area contributed by atoms with E-state index >= 15 is 0 Å². The van der Waals surface area contributed by atoms with Gasteiger partial charge in [-0.3, -0.25) is 4.98 Å². The van der Waals surface area contributed by atoms with E-state index in [2.05, 4.69) is 15.0 Å². The van der Waals surface area contributed by atoms with Crippen molar-refractivity contribution in [3.8, 4) is 0 Å². The van der Waals surface area contributed by atoms with E-state index in [1.165, 1.54) is 0 Å². The first-order valence-corrected chi connectivity index (χ1v) is 5.01. The summed E-state index contributed by atoms with van der Waals surface area (Å²) < 4.78 is 0. The molecule has 80 valence electrons. The van der Waals surface area contributed by atoms with Gasteiger partial charge in [-0.15, -0.1) is 0 Å². The van der Waals surface area contributed by atoms with E-state index in [0.717, 1.165) is 17.1 Å². The van der Waals surface area contributed by atoms with Crippen LogP contribution in [0.15, 0.2) is 24.7 Å². The summed E-state index contributed by atoms with van der Waals surface area (Å²) in [7, 11) is 0. The Bertz CT molecular complexity index is 390. The van der Waals surface area contributed by atoms with Crippen molar-refractivity contribution in [1.82, 2.24) is 15.0 Å². The topological polar surface area (TPSA) is 41.6 Å². The van der Waals surface area contributed by atoms with Gasteiger partial charge >= 0.3 is 0 Å². The molecule has 2 aromatic rings. The first kappa shape index (κ1) is 11.7. The molecule has 4 heteroatoms. The molecule has 0 aliphatic rings. The highest BCUT2D eigenvalue weighted by molar-refractivity contribution is 6.30. The van der Waals surface area contributed by atoms with Crippen molar-refractivity contribution in [2.24, 2.45) is 0 Å². The smallest absolute Gasteiger partial charge is 0.103 e. The van der Waals surface area contributed by atoms with Gasteiger partial charge in [0.2, 0.25) is 0 Å². The molecule has 2 heterocycles. The first-order chi connectivity index (χ1) is 7.08. The Hall–Kier alpha value is -1.35. The second-order valence-electron chi connectivity index (χ2n) is 3.33. The number of hydrogen-bond donors (Lipinski definition) is 1. The zero-order valence-corrected chi connectivity index (χ0v) is 9.84. The summed E-state index contributed by atoms with van der Waals surface area (Å²) >= 11 is 5.58. The summed E-state index contributed by atoms with van der Waals surface area (Å²) in [4.78, 5) is 10.8. The molecule has 2 aromatic heterocycles. The number of aromatic amines is 1. The number of rotatable bonds is 0. The lowest BCUT2D eigenvalue weighted by Crippen LogP contribution is -1.73. The van der Waals surface area contributed by atoms with Crippen molar-refractivity contribution in [3.63, 3.8) is 0 Å². The number of nitrogens with one attached hydrogen (secondary N) is 1. The van der Waals surface area contributed by atoms with Crippen LogP contribution in [0.3, 0.4) is 0 Å². The minimum absolute atomic E-state index is 0.699. The van der Waals surface area contributed by atoms with Crippen LogP contribution < -0.4 is 0 Å². The third-order valence-corrected chi connectivity index (χ3v) is 1.88. The minimum Gasteiger partial charge on any atom is -0.346 e. The average Bonchev–Trinajstić information content (AvgIpc) is 2.50. The van der Waals surface area contributed by atoms with Crippen molar-refractivity contribution in [2.75, 3.05) is 0 Å². The summed E-state index contributed by atoms with van der Waals surface area (Å²) in [5.41, 5.74) is 2.22. The highest BCUT2D eigenvalue weighted by atomic mass is 35.5. The lowest BCUT2D eigenvalue weighted by atomic mass is 10.3. The molecule has 1 N–H and O–H groups in total. The van der Waals surface area contributed by atoms with E-state index in [4.69, 9.17) is 11.6 Å². The summed E-state index contributed by atoms with van der Waals surface area (Å²) in [6, 6.07) is 1.87. The first-order valence-electron chi connectivity index (χ1n) is 4.63. The standard InChI is InChI=1S/C6H6ClN.C5H8N2/c1-5-2-6(7)4-8-3-5;1-4-3-6-5(2)7-4/h2-4H,1H3;3H,1-2H3,(H,6,7). The summed E-state index contributed by atoms with van der Waals surface area (Å²) in [6.45, 7) is 5.88. The van der Waals surface area contributed by atoms with Crippen LogP contribution in [0.5, 0.6) is 0 Å². The van der Waals surface area contributed by atoms with Crippen molar-refractivity contribution in [1.29, 1.82) is 0 Å². The molecule has 0 atom stereocenters. The van der Waals surface area contributed by atoms with E-state index in [0.29, 0.717) is 5.02 Å².